The van der Waals surface area contributed by atoms with Crippen LogP contribution in [-0.4, -0.2) is 65.7 Å². The van der Waals surface area contributed by atoms with Gasteiger partial charge in [0.15, 0.2) is 0 Å². The monoisotopic (exact) mass is 383 g/mol. The third-order valence-corrected chi connectivity index (χ3v) is 4.95. The van der Waals surface area contributed by atoms with Gasteiger partial charge in [0.05, 0.1) is 22.7 Å². The molecule has 2 N–H and O–H groups in total. The smallest absolute Gasteiger partial charge is 0.325 e. The molecule has 0 radical (unpaired) electrons. The molecular weight excluding hydrogens is 359 g/mol. The third-order valence-electron chi connectivity index (χ3n) is 4.95. The molecule has 1 amide bonds. The summed E-state index contributed by atoms with van der Waals surface area (Å²) < 4.78 is 40.0. The van der Waals surface area contributed by atoms with Crippen LogP contribution in [0.3, 0.4) is 0 Å². The van der Waals surface area contributed by atoms with Crippen molar-refractivity contribution < 1.29 is 18.0 Å². The van der Waals surface area contributed by atoms with Gasteiger partial charge in [-0.05, 0) is 33.0 Å². The van der Waals surface area contributed by atoms with Crippen molar-refractivity contribution in [3.05, 3.63) is 23.9 Å². The van der Waals surface area contributed by atoms with Crippen LogP contribution in [0, 0.1) is 5.41 Å². The summed E-state index contributed by atoms with van der Waals surface area (Å²) >= 11 is 0. The Labute approximate surface area is 155 Å². The molecule has 27 heavy (non-hydrogen) atoms. The molecule has 0 spiro atoms. The van der Waals surface area contributed by atoms with Gasteiger partial charge < -0.3 is 10.2 Å². The first-order valence-corrected chi connectivity index (χ1v) is 8.83. The maximum atomic E-state index is 13.3. The van der Waals surface area contributed by atoms with Crippen LogP contribution < -0.4 is 5.32 Å². The van der Waals surface area contributed by atoms with Crippen LogP contribution >= 0.6 is 0 Å². The highest BCUT2D eigenvalue weighted by Gasteiger charge is 2.35. The van der Waals surface area contributed by atoms with Crippen molar-refractivity contribution in [2.75, 3.05) is 45.1 Å². The fourth-order valence-electron chi connectivity index (χ4n) is 3.30. The van der Waals surface area contributed by atoms with Crippen molar-refractivity contribution in [1.29, 1.82) is 0 Å². The number of hydrogen-bond acceptors (Lipinski definition) is 4. The van der Waals surface area contributed by atoms with Crippen molar-refractivity contribution in [3.63, 3.8) is 0 Å². The lowest BCUT2D eigenvalue weighted by atomic mass is 9.91. The molecule has 9 heteroatoms. The van der Waals surface area contributed by atoms with Crippen molar-refractivity contribution in [1.82, 2.24) is 20.0 Å². The zero-order chi connectivity index (χ0) is 19.8. The van der Waals surface area contributed by atoms with Crippen molar-refractivity contribution in [2.45, 2.75) is 20.0 Å². The fourth-order valence-corrected chi connectivity index (χ4v) is 3.30. The van der Waals surface area contributed by atoms with Crippen LogP contribution in [0.15, 0.2) is 18.3 Å². The molecule has 1 aliphatic rings. The van der Waals surface area contributed by atoms with Gasteiger partial charge in [0.2, 0.25) is 5.91 Å². The minimum absolute atomic E-state index is 0.0165. The SMILES string of the molecule is CN1CCN(CC(C)(C)C(=O)Nc2cc(C(F)(F)F)c3cn[nH]c3c2)CC1. The number of amides is 1. The second-order valence-corrected chi connectivity index (χ2v) is 7.77. The Morgan fingerprint density at radius 1 is 1.22 bits per heavy atom. The molecule has 3 rings (SSSR count). The maximum absolute atomic E-state index is 13.3. The van der Waals surface area contributed by atoms with Crippen molar-refractivity contribution in [3.8, 4) is 0 Å². The number of likely N-dealkylation sites (N-methyl/N-ethyl adjacent to an activating group) is 1. The highest BCUT2D eigenvalue weighted by molar-refractivity contribution is 5.97. The van der Waals surface area contributed by atoms with Gasteiger partial charge >= 0.3 is 6.18 Å². The Morgan fingerprint density at radius 2 is 1.89 bits per heavy atom. The Kier molecular flexibility index (Phi) is 5.18. The standard InChI is InChI=1S/C18H24F3N5O/c1-17(2,11-26-6-4-25(3)5-7-26)16(27)23-12-8-14(18(19,20)21)13-10-22-24-15(13)9-12/h8-10H,4-7,11H2,1-3H3,(H,22,24)(H,23,27). The lowest BCUT2D eigenvalue weighted by Gasteiger charge is -2.37. The Balaban J connectivity index is 1.76. The van der Waals surface area contributed by atoms with Crippen LogP contribution in [0.2, 0.25) is 0 Å². The minimum Gasteiger partial charge on any atom is -0.325 e. The molecule has 2 heterocycles. The first-order valence-electron chi connectivity index (χ1n) is 8.83. The Hall–Kier alpha value is -2.13. The first-order chi connectivity index (χ1) is 12.6. The van der Waals surface area contributed by atoms with E-state index in [1.807, 2.05) is 0 Å². The summed E-state index contributed by atoms with van der Waals surface area (Å²) in [6, 6.07) is 2.43. The number of aromatic nitrogens is 2. The number of aromatic amines is 1. The molecule has 0 saturated carbocycles. The maximum Gasteiger partial charge on any atom is 0.417 e. The predicted molar refractivity (Wildman–Crippen MR) is 97.4 cm³/mol. The van der Waals surface area contributed by atoms with Gasteiger partial charge in [-0.2, -0.15) is 18.3 Å². The molecule has 1 saturated heterocycles. The van der Waals surface area contributed by atoms with E-state index >= 15 is 0 Å². The normalized spacial score (nSPS) is 17.4. The van der Waals surface area contributed by atoms with E-state index in [0.717, 1.165) is 38.4 Å². The number of nitrogens with one attached hydrogen (secondary N) is 2. The van der Waals surface area contributed by atoms with Gasteiger partial charge in [0, 0.05) is 43.8 Å². The van der Waals surface area contributed by atoms with Crippen molar-refractivity contribution in [2.24, 2.45) is 5.41 Å². The molecule has 0 unspecified atom stereocenters. The van der Waals surface area contributed by atoms with E-state index < -0.39 is 17.2 Å². The topological polar surface area (TPSA) is 64.3 Å². The summed E-state index contributed by atoms with van der Waals surface area (Å²) in [7, 11) is 2.05. The Morgan fingerprint density at radius 3 is 2.52 bits per heavy atom. The quantitative estimate of drug-likeness (QED) is 0.852. The second-order valence-electron chi connectivity index (χ2n) is 7.77. The number of benzene rings is 1. The average molecular weight is 383 g/mol. The Bertz CT molecular complexity index is 822. The number of hydrogen-bond donors (Lipinski definition) is 2. The van der Waals surface area contributed by atoms with E-state index in [1.54, 1.807) is 13.8 Å². The molecule has 0 bridgehead atoms. The average Bonchev–Trinajstić information content (AvgIpc) is 3.03. The summed E-state index contributed by atoms with van der Waals surface area (Å²) in [5.41, 5.74) is -1.22. The highest BCUT2D eigenvalue weighted by atomic mass is 19.4. The molecule has 0 atom stereocenters. The number of nitrogens with zero attached hydrogens (tertiary/aromatic N) is 3. The van der Waals surface area contributed by atoms with Crippen LogP contribution in [-0.2, 0) is 11.0 Å². The number of fused-ring (bicyclic) bond motifs is 1. The molecule has 1 aromatic carbocycles. The van der Waals surface area contributed by atoms with Gasteiger partial charge in [-0.1, -0.05) is 0 Å². The lowest BCUT2D eigenvalue weighted by Crippen LogP contribution is -2.50. The van der Waals surface area contributed by atoms with Gasteiger partial charge in [-0.25, -0.2) is 0 Å². The number of rotatable bonds is 4. The molecule has 148 valence electrons. The molecule has 1 fully saturated rings. The minimum atomic E-state index is -4.53. The van der Waals surface area contributed by atoms with E-state index in [4.69, 9.17) is 0 Å². The van der Waals surface area contributed by atoms with E-state index in [2.05, 4.69) is 32.4 Å². The van der Waals surface area contributed by atoms with E-state index in [1.165, 1.54) is 6.07 Å². The van der Waals surface area contributed by atoms with E-state index in [9.17, 15) is 18.0 Å². The second kappa shape index (κ2) is 7.12. The zero-order valence-electron chi connectivity index (χ0n) is 15.7. The number of carbonyl (C=O) groups excluding carboxylic acids is 1. The number of alkyl halides is 3. The summed E-state index contributed by atoms with van der Waals surface area (Å²) in [5.74, 6) is -0.312. The molecule has 6 nitrogen and oxygen atoms in total. The van der Waals surface area contributed by atoms with Crippen LogP contribution in [0.4, 0.5) is 18.9 Å². The lowest BCUT2D eigenvalue weighted by molar-refractivity contribution is -0.136. The number of halogens is 3. The molecule has 1 aliphatic heterocycles. The summed E-state index contributed by atoms with van der Waals surface area (Å²) in [6.45, 7) is 7.76. The summed E-state index contributed by atoms with van der Waals surface area (Å²) in [5, 5.41) is 8.85. The molecule has 2 aromatic rings. The van der Waals surface area contributed by atoms with Gasteiger partial charge in [0.1, 0.15) is 0 Å². The summed E-state index contributed by atoms with van der Waals surface area (Å²) in [6.07, 6.45) is -3.39. The fraction of sp³-hybridized carbons (Fsp3) is 0.556. The van der Waals surface area contributed by atoms with E-state index in [0.29, 0.717) is 6.54 Å². The van der Waals surface area contributed by atoms with Crippen molar-refractivity contribution >= 4 is 22.5 Å². The van der Waals surface area contributed by atoms with E-state index in [-0.39, 0.29) is 22.5 Å². The molecule has 1 aromatic heterocycles. The summed E-state index contributed by atoms with van der Waals surface area (Å²) in [4.78, 5) is 17.2. The third kappa shape index (κ3) is 4.41. The number of anilines is 1. The zero-order valence-corrected chi connectivity index (χ0v) is 15.7. The first kappa shape index (κ1) is 19.6. The number of carbonyl (C=O) groups is 1. The predicted octanol–water partition coefficient (Wildman–Crippen LogP) is 2.79. The van der Waals surface area contributed by atoms with Crippen LogP contribution in [0.25, 0.3) is 10.9 Å². The van der Waals surface area contributed by atoms with Gasteiger partial charge in [0.25, 0.3) is 0 Å². The largest absolute Gasteiger partial charge is 0.417 e. The van der Waals surface area contributed by atoms with Gasteiger partial charge in [-0.15, -0.1) is 0 Å². The molecule has 0 aliphatic carbocycles. The number of piperazine rings is 1. The van der Waals surface area contributed by atoms with Crippen LogP contribution in [0.5, 0.6) is 0 Å². The number of H-pyrrole nitrogens is 1. The highest BCUT2D eigenvalue weighted by Crippen LogP contribution is 2.36. The van der Waals surface area contributed by atoms with Crippen LogP contribution in [0.1, 0.15) is 19.4 Å². The van der Waals surface area contributed by atoms with Gasteiger partial charge in [-0.3, -0.25) is 14.8 Å². The molecular formula is C18H24F3N5O.